The highest BCUT2D eigenvalue weighted by atomic mass is 16.5. The number of aryl methyl sites for hydroxylation is 1. The molecule has 1 aliphatic heterocycles. The maximum atomic E-state index is 12.6. The van der Waals surface area contributed by atoms with Crippen LogP contribution in [-0.2, 0) is 6.54 Å². The third-order valence-electron chi connectivity index (χ3n) is 5.01. The molecule has 8 nitrogen and oxygen atoms in total. The second-order valence-corrected chi connectivity index (χ2v) is 7.06. The summed E-state index contributed by atoms with van der Waals surface area (Å²) in [5.41, 5.74) is 1.16. The van der Waals surface area contributed by atoms with E-state index in [-0.39, 0.29) is 11.5 Å². The van der Waals surface area contributed by atoms with Crippen molar-refractivity contribution in [2.75, 3.05) is 32.7 Å². The highest BCUT2D eigenvalue weighted by molar-refractivity contribution is 5.92. The molecular formula is C18H23N5O3. The summed E-state index contributed by atoms with van der Waals surface area (Å²) in [6.45, 7) is 6.04. The topological polar surface area (TPSA) is 84.5 Å². The van der Waals surface area contributed by atoms with Gasteiger partial charge in [-0.05, 0) is 25.8 Å². The average Bonchev–Trinajstić information content (AvgIpc) is 3.39. The lowest BCUT2D eigenvalue weighted by atomic mass is 10.2. The Morgan fingerprint density at radius 2 is 1.96 bits per heavy atom. The van der Waals surface area contributed by atoms with E-state index in [0.29, 0.717) is 31.2 Å². The lowest BCUT2D eigenvalue weighted by Gasteiger charge is -2.34. The first-order chi connectivity index (χ1) is 12.6. The van der Waals surface area contributed by atoms with Crippen molar-refractivity contribution >= 4 is 5.91 Å². The molecule has 26 heavy (non-hydrogen) atoms. The molecule has 2 aliphatic rings. The first kappa shape index (κ1) is 17.0. The molecule has 0 spiro atoms. The maximum Gasteiger partial charge on any atom is 0.276 e. The zero-order valence-electron chi connectivity index (χ0n) is 14.9. The molecule has 2 aromatic heterocycles. The van der Waals surface area contributed by atoms with Crippen molar-refractivity contribution in [3.8, 4) is 0 Å². The van der Waals surface area contributed by atoms with Gasteiger partial charge in [0, 0.05) is 50.8 Å². The van der Waals surface area contributed by atoms with E-state index < -0.39 is 0 Å². The molecule has 0 N–H and O–H groups in total. The number of rotatable bonds is 5. The van der Waals surface area contributed by atoms with Gasteiger partial charge >= 0.3 is 0 Å². The summed E-state index contributed by atoms with van der Waals surface area (Å²) in [6, 6.07) is 5.07. The Morgan fingerprint density at radius 3 is 2.69 bits per heavy atom. The number of carbonyl (C=O) groups is 1. The number of carbonyl (C=O) groups excluding carboxylic acids is 1. The zero-order chi connectivity index (χ0) is 18.1. The third-order valence-corrected chi connectivity index (χ3v) is 5.01. The van der Waals surface area contributed by atoms with E-state index in [1.165, 1.54) is 4.68 Å². The van der Waals surface area contributed by atoms with E-state index in [2.05, 4.69) is 15.2 Å². The van der Waals surface area contributed by atoms with Crippen LogP contribution in [0.5, 0.6) is 0 Å². The van der Waals surface area contributed by atoms with Crippen molar-refractivity contribution in [1.82, 2.24) is 24.7 Å². The van der Waals surface area contributed by atoms with Crippen LogP contribution >= 0.6 is 0 Å². The standard InChI is InChI=1S/C18H23N5O3/c1-13-2-5-17(24)23(19-13)11-8-21-6-9-22(10-7-21)18(25)15-12-16(26-20-15)14-3-4-14/h2,5,12,14H,3-4,6-11H2,1H3. The molecule has 4 rings (SSSR count). The summed E-state index contributed by atoms with van der Waals surface area (Å²) in [7, 11) is 0. The van der Waals surface area contributed by atoms with Gasteiger partial charge in [0.25, 0.3) is 11.5 Å². The minimum atomic E-state index is -0.0816. The Labute approximate surface area is 151 Å². The van der Waals surface area contributed by atoms with Crippen molar-refractivity contribution < 1.29 is 9.32 Å². The molecular weight excluding hydrogens is 334 g/mol. The second kappa shape index (κ2) is 7.03. The van der Waals surface area contributed by atoms with Crippen LogP contribution < -0.4 is 5.56 Å². The fourth-order valence-corrected chi connectivity index (χ4v) is 3.23. The van der Waals surface area contributed by atoms with Crippen LogP contribution in [0.25, 0.3) is 0 Å². The molecule has 2 aromatic rings. The van der Waals surface area contributed by atoms with Gasteiger partial charge in [0.15, 0.2) is 5.69 Å². The first-order valence-corrected chi connectivity index (χ1v) is 9.13. The molecule has 0 aromatic carbocycles. The van der Waals surface area contributed by atoms with Gasteiger partial charge in [-0.1, -0.05) is 5.16 Å². The Morgan fingerprint density at radius 1 is 1.19 bits per heavy atom. The molecule has 3 heterocycles. The number of nitrogens with zero attached hydrogens (tertiary/aromatic N) is 5. The van der Waals surface area contributed by atoms with E-state index in [4.69, 9.17) is 4.52 Å². The third kappa shape index (κ3) is 3.70. The van der Waals surface area contributed by atoms with Gasteiger partial charge in [0.2, 0.25) is 0 Å². The van der Waals surface area contributed by atoms with Crippen molar-refractivity contribution in [2.24, 2.45) is 0 Å². The molecule has 138 valence electrons. The molecule has 0 atom stereocenters. The van der Waals surface area contributed by atoms with Crippen molar-refractivity contribution in [1.29, 1.82) is 0 Å². The van der Waals surface area contributed by atoms with Gasteiger partial charge in [0.1, 0.15) is 5.76 Å². The average molecular weight is 357 g/mol. The van der Waals surface area contributed by atoms with E-state index in [0.717, 1.165) is 43.9 Å². The smallest absolute Gasteiger partial charge is 0.276 e. The Bertz CT molecular complexity index is 847. The molecule has 2 fully saturated rings. The molecule has 1 saturated carbocycles. The molecule has 8 heteroatoms. The summed E-state index contributed by atoms with van der Waals surface area (Å²) in [6.07, 6.45) is 2.25. The Balaban J connectivity index is 1.28. The SMILES string of the molecule is Cc1ccc(=O)n(CCN2CCN(C(=O)c3cc(C4CC4)on3)CC2)n1. The fourth-order valence-electron chi connectivity index (χ4n) is 3.23. The second-order valence-electron chi connectivity index (χ2n) is 7.06. The number of hydrogen-bond acceptors (Lipinski definition) is 6. The lowest BCUT2D eigenvalue weighted by Crippen LogP contribution is -2.49. The van der Waals surface area contributed by atoms with Crippen LogP contribution in [0.4, 0.5) is 0 Å². The van der Waals surface area contributed by atoms with Crippen molar-refractivity contribution in [2.45, 2.75) is 32.2 Å². The van der Waals surface area contributed by atoms with Crippen molar-refractivity contribution in [3.05, 3.63) is 45.7 Å². The minimum Gasteiger partial charge on any atom is -0.360 e. The van der Waals surface area contributed by atoms with Crippen LogP contribution in [0.2, 0.25) is 0 Å². The lowest BCUT2D eigenvalue weighted by molar-refractivity contribution is 0.0621. The quantitative estimate of drug-likeness (QED) is 0.790. The van der Waals surface area contributed by atoms with Gasteiger partial charge in [0.05, 0.1) is 12.2 Å². The molecule has 1 saturated heterocycles. The number of aromatic nitrogens is 3. The van der Waals surface area contributed by atoms with Crippen LogP contribution in [0.15, 0.2) is 27.5 Å². The Kier molecular flexibility index (Phi) is 4.58. The molecule has 0 radical (unpaired) electrons. The molecule has 0 unspecified atom stereocenters. The van der Waals surface area contributed by atoms with Gasteiger partial charge in [-0.2, -0.15) is 5.10 Å². The largest absolute Gasteiger partial charge is 0.360 e. The van der Waals surface area contributed by atoms with Crippen LogP contribution in [-0.4, -0.2) is 63.4 Å². The molecule has 1 aliphatic carbocycles. The summed E-state index contributed by atoms with van der Waals surface area (Å²) in [4.78, 5) is 28.4. The first-order valence-electron chi connectivity index (χ1n) is 9.13. The molecule has 0 bridgehead atoms. The summed E-state index contributed by atoms with van der Waals surface area (Å²) < 4.78 is 6.78. The van der Waals surface area contributed by atoms with Crippen LogP contribution in [0, 0.1) is 6.92 Å². The monoisotopic (exact) mass is 357 g/mol. The highest BCUT2D eigenvalue weighted by Crippen LogP contribution is 2.40. The number of amides is 1. The number of piperazine rings is 1. The van der Waals surface area contributed by atoms with Gasteiger partial charge in [-0.3, -0.25) is 14.5 Å². The number of hydrogen-bond donors (Lipinski definition) is 0. The predicted octanol–water partition coefficient (Wildman–Crippen LogP) is 0.875. The van der Waals surface area contributed by atoms with Crippen molar-refractivity contribution in [3.63, 3.8) is 0 Å². The van der Waals surface area contributed by atoms with E-state index in [1.54, 1.807) is 18.2 Å². The van der Waals surface area contributed by atoms with Gasteiger partial charge in [-0.15, -0.1) is 0 Å². The fraction of sp³-hybridized carbons (Fsp3) is 0.556. The van der Waals surface area contributed by atoms with Gasteiger partial charge in [-0.25, -0.2) is 4.68 Å². The Hall–Kier alpha value is -2.48. The van der Waals surface area contributed by atoms with Gasteiger partial charge < -0.3 is 9.42 Å². The summed E-state index contributed by atoms with van der Waals surface area (Å²) in [5, 5.41) is 8.20. The molecule has 1 amide bonds. The van der Waals surface area contributed by atoms with E-state index >= 15 is 0 Å². The summed E-state index contributed by atoms with van der Waals surface area (Å²) in [5.74, 6) is 1.24. The normalized spacial score (nSPS) is 18.3. The van der Waals surface area contributed by atoms with Crippen LogP contribution in [0.3, 0.4) is 0 Å². The maximum absolute atomic E-state index is 12.6. The van der Waals surface area contributed by atoms with Crippen LogP contribution in [0.1, 0.15) is 40.7 Å². The van der Waals surface area contributed by atoms with E-state index in [9.17, 15) is 9.59 Å². The summed E-state index contributed by atoms with van der Waals surface area (Å²) >= 11 is 0. The zero-order valence-corrected chi connectivity index (χ0v) is 14.9. The van der Waals surface area contributed by atoms with E-state index in [1.807, 2.05) is 11.8 Å². The predicted molar refractivity (Wildman–Crippen MR) is 94.1 cm³/mol. The highest BCUT2D eigenvalue weighted by Gasteiger charge is 2.30. The minimum absolute atomic E-state index is 0.0585.